The van der Waals surface area contributed by atoms with Crippen molar-refractivity contribution in [3.05, 3.63) is 65.3 Å². The van der Waals surface area contributed by atoms with Crippen molar-refractivity contribution in [3.8, 4) is 11.1 Å². The molecule has 178 valence electrons. The molecular formula is C23H24N4O5S2. The molecule has 9 nitrogen and oxygen atoms in total. The van der Waals surface area contributed by atoms with Gasteiger partial charge in [0.1, 0.15) is 11.1 Å². The SMILES string of the molecule is CC(C)C(O)C(=O)NCc1nnc(C(c2nc3ccc(-c4ccccc4)cc3s2)S(C)(=O)=O)o1. The highest BCUT2D eigenvalue weighted by Crippen LogP contribution is 2.36. The molecule has 0 aliphatic rings. The average Bonchev–Trinajstić information content (AvgIpc) is 3.43. The summed E-state index contributed by atoms with van der Waals surface area (Å²) in [5, 5.41) is 19.2. The number of aromatic nitrogens is 3. The number of thiazole rings is 1. The maximum absolute atomic E-state index is 12.7. The van der Waals surface area contributed by atoms with E-state index in [2.05, 4.69) is 20.5 Å². The highest BCUT2D eigenvalue weighted by atomic mass is 32.2. The molecule has 4 aromatic rings. The first-order valence-corrected chi connectivity index (χ1v) is 13.3. The topological polar surface area (TPSA) is 135 Å². The minimum absolute atomic E-state index is 0.0282. The molecule has 2 heterocycles. The fourth-order valence-electron chi connectivity index (χ4n) is 3.35. The molecule has 0 saturated heterocycles. The molecule has 0 saturated carbocycles. The number of nitrogens with zero attached hydrogens (tertiary/aromatic N) is 3. The molecule has 0 aliphatic heterocycles. The van der Waals surface area contributed by atoms with Crippen LogP contribution in [-0.2, 0) is 21.2 Å². The lowest BCUT2D eigenvalue weighted by molar-refractivity contribution is -0.131. The van der Waals surface area contributed by atoms with Crippen molar-refractivity contribution in [2.75, 3.05) is 6.26 Å². The summed E-state index contributed by atoms with van der Waals surface area (Å²) in [4.78, 5) is 16.5. The van der Waals surface area contributed by atoms with Crippen LogP contribution in [0.4, 0.5) is 0 Å². The summed E-state index contributed by atoms with van der Waals surface area (Å²) < 4.78 is 31.8. The molecule has 0 aliphatic carbocycles. The molecule has 2 unspecified atom stereocenters. The number of fused-ring (bicyclic) bond motifs is 1. The van der Waals surface area contributed by atoms with Gasteiger partial charge in [-0.3, -0.25) is 4.79 Å². The van der Waals surface area contributed by atoms with Gasteiger partial charge in [0, 0.05) is 6.26 Å². The predicted octanol–water partition coefficient (Wildman–Crippen LogP) is 3.11. The van der Waals surface area contributed by atoms with Gasteiger partial charge in [0.2, 0.25) is 17.7 Å². The normalized spacial score (nSPS) is 13.8. The van der Waals surface area contributed by atoms with E-state index in [0.29, 0.717) is 10.5 Å². The van der Waals surface area contributed by atoms with Crippen LogP contribution in [-0.4, -0.2) is 47.0 Å². The third kappa shape index (κ3) is 5.16. The van der Waals surface area contributed by atoms with Gasteiger partial charge in [0.15, 0.2) is 15.1 Å². The van der Waals surface area contributed by atoms with Gasteiger partial charge in [-0.05, 0) is 29.2 Å². The van der Waals surface area contributed by atoms with Crippen LogP contribution < -0.4 is 5.32 Å². The van der Waals surface area contributed by atoms with Crippen LogP contribution in [0, 0.1) is 5.92 Å². The second kappa shape index (κ2) is 9.61. The Labute approximate surface area is 200 Å². The van der Waals surface area contributed by atoms with Gasteiger partial charge >= 0.3 is 0 Å². The van der Waals surface area contributed by atoms with Crippen molar-refractivity contribution < 1.29 is 22.7 Å². The molecule has 0 bridgehead atoms. The lowest BCUT2D eigenvalue weighted by Gasteiger charge is -2.13. The molecule has 2 atom stereocenters. The smallest absolute Gasteiger partial charge is 0.249 e. The van der Waals surface area contributed by atoms with Gasteiger partial charge in [-0.2, -0.15) is 0 Å². The quantitative estimate of drug-likeness (QED) is 0.377. The van der Waals surface area contributed by atoms with E-state index < -0.39 is 27.1 Å². The van der Waals surface area contributed by atoms with E-state index in [4.69, 9.17) is 4.42 Å². The number of benzene rings is 2. The van der Waals surface area contributed by atoms with Crippen LogP contribution in [0.15, 0.2) is 52.9 Å². The molecular weight excluding hydrogens is 476 g/mol. The molecule has 4 rings (SSSR count). The zero-order valence-corrected chi connectivity index (χ0v) is 20.4. The highest BCUT2D eigenvalue weighted by molar-refractivity contribution is 7.91. The summed E-state index contributed by atoms with van der Waals surface area (Å²) in [7, 11) is -3.70. The molecule has 1 amide bonds. The highest BCUT2D eigenvalue weighted by Gasteiger charge is 2.34. The Kier molecular flexibility index (Phi) is 6.78. The second-order valence-corrected chi connectivity index (χ2v) is 11.4. The Morgan fingerprint density at radius 1 is 1.12 bits per heavy atom. The Morgan fingerprint density at radius 3 is 2.53 bits per heavy atom. The number of sulfone groups is 1. The van der Waals surface area contributed by atoms with Crippen molar-refractivity contribution in [1.82, 2.24) is 20.5 Å². The minimum atomic E-state index is -3.70. The number of carbonyl (C=O) groups is 1. The first-order chi connectivity index (χ1) is 16.1. The Morgan fingerprint density at radius 2 is 1.85 bits per heavy atom. The summed E-state index contributed by atoms with van der Waals surface area (Å²) in [5.74, 6) is -0.928. The largest absolute Gasteiger partial charge is 0.421 e. The molecule has 0 radical (unpaired) electrons. The van der Waals surface area contributed by atoms with E-state index in [-0.39, 0.29) is 24.2 Å². The lowest BCUT2D eigenvalue weighted by Crippen LogP contribution is -2.37. The van der Waals surface area contributed by atoms with Gasteiger partial charge in [-0.15, -0.1) is 21.5 Å². The zero-order valence-electron chi connectivity index (χ0n) is 18.8. The maximum Gasteiger partial charge on any atom is 0.249 e. The monoisotopic (exact) mass is 500 g/mol. The number of rotatable bonds is 8. The minimum Gasteiger partial charge on any atom is -0.421 e. The number of aliphatic hydroxyl groups excluding tert-OH is 1. The molecule has 0 spiro atoms. The fourth-order valence-corrected chi connectivity index (χ4v) is 5.88. The van der Waals surface area contributed by atoms with Crippen molar-refractivity contribution in [1.29, 1.82) is 0 Å². The summed E-state index contributed by atoms with van der Waals surface area (Å²) in [6.07, 6.45) is -0.0845. The van der Waals surface area contributed by atoms with Crippen LogP contribution in [0.25, 0.3) is 21.3 Å². The van der Waals surface area contributed by atoms with E-state index in [0.717, 1.165) is 22.1 Å². The lowest BCUT2D eigenvalue weighted by atomic mass is 10.1. The second-order valence-electron chi connectivity index (χ2n) is 8.25. The number of nitrogens with one attached hydrogen (secondary N) is 1. The van der Waals surface area contributed by atoms with Crippen LogP contribution >= 0.6 is 11.3 Å². The summed E-state index contributed by atoms with van der Waals surface area (Å²) in [6.45, 7) is 3.30. The van der Waals surface area contributed by atoms with E-state index in [1.807, 2.05) is 48.5 Å². The first-order valence-electron chi connectivity index (χ1n) is 10.6. The third-order valence-electron chi connectivity index (χ3n) is 5.19. The van der Waals surface area contributed by atoms with Gasteiger partial charge in [-0.1, -0.05) is 50.2 Å². The van der Waals surface area contributed by atoms with Gasteiger partial charge in [0.25, 0.3) is 0 Å². The molecule has 11 heteroatoms. The Hall–Kier alpha value is -3.15. The van der Waals surface area contributed by atoms with E-state index >= 15 is 0 Å². The maximum atomic E-state index is 12.7. The van der Waals surface area contributed by atoms with Gasteiger partial charge in [0.05, 0.1) is 16.8 Å². The van der Waals surface area contributed by atoms with Crippen LogP contribution in [0.2, 0.25) is 0 Å². The Balaban J connectivity index is 1.61. The van der Waals surface area contributed by atoms with Crippen molar-refractivity contribution >= 4 is 37.3 Å². The Bertz CT molecular complexity index is 1410. The number of carbonyl (C=O) groups excluding carboxylic acids is 1. The van der Waals surface area contributed by atoms with Crippen molar-refractivity contribution in [3.63, 3.8) is 0 Å². The average molecular weight is 501 g/mol. The van der Waals surface area contributed by atoms with E-state index in [9.17, 15) is 18.3 Å². The number of amides is 1. The number of aliphatic hydroxyl groups is 1. The molecule has 34 heavy (non-hydrogen) atoms. The van der Waals surface area contributed by atoms with Crippen LogP contribution in [0.1, 0.15) is 35.9 Å². The van der Waals surface area contributed by atoms with Gasteiger partial charge < -0.3 is 14.8 Å². The van der Waals surface area contributed by atoms with Crippen LogP contribution in [0.3, 0.4) is 0 Å². The standard InChI is InChI=1S/C23H24N4O5S2/c1-13(2)19(28)21(29)24-12-18-26-27-22(32-18)20(34(3,30)31)23-25-16-10-9-15(11-17(16)33-23)14-7-5-4-6-8-14/h4-11,13,19-20,28H,12H2,1-3H3,(H,24,29). The third-order valence-corrected chi connectivity index (χ3v) is 7.70. The summed E-state index contributed by atoms with van der Waals surface area (Å²) in [5.41, 5.74) is 2.71. The number of hydrogen-bond acceptors (Lipinski definition) is 9. The molecule has 0 fully saturated rings. The van der Waals surface area contributed by atoms with E-state index in [1.54, 1.807) is 13.8 Å². The summed E-state index contributed by atoms with van der Waals surface area (Å²) >= 11 is 1.25. The molecule has 2 aromatic carbocycles. The molecule has 2 N–H and O–H groups in total. The van der Waals surface area contributed by atoms with Crippen molar-refractivity contribution in [2.24, 2.45) is 5.92 Å². The fraction of sp³-hybridized carbons (Fsp3) is 0.304. The summed E-state index contributed by atoms with van der Waals surface area (Å²) in [6, 6.07) is 15.6. The van der Waals surface area contributed by atoms with E-state index in [1.165, 1.54) is 11.3 Å². The zero-order chi connectivity index (χ0) is 24.5. The first kappa shape index (κ1) is 24.0. The van der Waals surface area contributed by atoms with Gasteiger partial charge in [-0.25, -0.2) is 13.4 Å². The number of hydrogen-bond donors (Lipinski definition) is 2. The van der Waals surface area contributed by atoms with Crippen molar-refractivity contribution in [2.45, 2.75) is 31.7 Å². The molecule has 2 aromatic heterocycles. The van der Waals surface area contributed by atoms with Crippen LogP contribution in [0.5, 0.6) is 0 Å². The predicted molar refractivity (Wildman–Crippen MR) is 129 cm³/mol.